The number of likely N-dealkylation sites (tertiary alicyclic amines) is 1. The number of piperidine rings is 1. The summed E-state index contributed by atoms with van der Waals surface area (Å²) in [5, 5.41) is 0. The van der Waals surface area contributed by atoms with Crippen LogP contribution >= 0.6 is 0 Å². The predicted molar refractivity (Wildman–Crippen MR) is 85.9 cm³/mol. The van der Waals surface area contributed by atoms with Crippen LogP contribution in [0.25, 0.3) is 0 Å². The van der Waals surface area contributed by atoms with Crippen molar-refractivity contribution in [1.82, 2.24) is 9.21 Å². The second kappa shape index (κ2) is 6.87. The van der Waals surface area contributed by atoms with Crippen LogP contribution in [0, 0.1) is 11.8 Å². The van der Waals surface area contributed by atoms with Gasteiger partial charge in [0, 0.05) is 32.6 Å². The highest BCUT2D eigenvalue weighted by Crippen LogP contribution is 2.41. The van der Waals surface area contributed by atoms with Crippen LogP contribution in [0.1, 0.15) is 51.4 Å². The summed E-state index contributed by atoms with van der Waals surface area (Å²) in [6.07, 6.45) is 7.81. The monoisotopic (exact) mass is 328 g/mol. The zero-order valence-electron chi connectivity index (χ0n) is 13.4. The maximum Gasteiger partial charge on any atom is 0.222 e. The van der Waals surface area contributed by atoms with Gasteiger partial charge in [-0.3, -0.25) is 4.79 Å². The summed E-state index contributed by atoms with van der Waals surface area (Å²) in [4.78, 5) is 14.3. The zero-order valence-corrected chi connectivity index (χ0v) is 14.2. The van der Waals surface area contributed by atoms with Gasteiger partial charge >= 0.3 is 0 Å². The summed E-state index contributed by atoms with van der Waals surface area (Å²) in [5.41, 5.74) is 0. The minimum atomic E-state index is -3.14. The molecule has 22 heavy (non-hydrogen) atoms. The molecule has 0 aromatic carbocycles. The number of carbonyl (C=O) groups excluding carboxylic acids is 1. The third-order valence-electron chi connectivity index (χ3n) is 5.35. The molecule has 3 rings (SSSR count). The normalized spacial score (nSPS) is 27.3. The van der Waals surface area contributed by atoms with Crippen molar-refractivity contribution in [2.75, 3.05) is 31.9 Å². The number of carbonyl (C=O) groups is 1. The largest absolute Gasteiger partial charge is 0.342 e. The highest BCUT2D eigenvalue weighted by molar-refractivity contribution is 7.89. The Hall–Kier alpha value is -0.620. The quantitative estimate of drug-likeness (QED) is 0.747. The lowest BCUT2D eigenvalue weighted by Crippen LogP contribution is -2.40. The molecule has 6 heteroatoms. The van der Waals surface area contributed by atoms with E-state index < -0.39 is 10.0 Å². The van der Waals surface area contributed by atoms with Crippen molar-refractivity contribution >= 4 is 15.9 Å². The number of amides is 1. The van der Waals surface area contributed by atoms with Crippen molar-refractivity contribution in [1.29, 1.82) is 0 Å². The number of nitrogens with zero attached hydrogens (tertiary/aromatic N) is 2. The lowest BCUT2D eigenvalue weighted by Gasteiger charge is -2.33. The molecule has 1 aliphatic carbocycles. The number of hydrogen-bond acceptors (Lipinski definition) is 3. The summed E-state index contributed by atoms with van der Waals surface area (Å²) in [6.45, 7) is 3.08. The highest BCUT2D eigenvalue weighted by atomic mass is 32.2. The fourth-order valence-corrected chi connectivity index (χ4v) is 5.43. The molecule has 2 heterocycles. The van der Waals surface area contributed by atoms with Crippen LogP contribution < -0.4 is 0 Å². The van der Waals surface area contributed by atoms with E-state index in [4.69, 9.17) is 0 Å². The van der Waals surface area contributed by atoms with Crippen LogP contribution in [0.15, 0.2) is 0 Å². The van der Waals surface area contributed by atoms with E-state index in [-0.39, 0.29) is 11.7 Å². The van der Waals surface area contributed by atoms with Gasteiger partial charge in [-0.15, -0.1) is 0 Å². The maximum absolute atomic E-state index is 12.3. The molecule has 0 unspecified atom stereocenters. The molecule has 0 aromatic rings. The Balaban J connectivity index is 1.41. The Bertz CT molecular complexity index is 496. The molecular weight excluding hydrogens is 300 g/mol. The summed E-state index contributed by atoms with van der Waals surface area (Å²) >= 11 is 0. The van der Waals surface area contributed by atoms with Gasteiger partial charge < -0.3 is 4.90 Å². The van der Waals surface area contributed by atoms with Gasteiger partial charge in [-0.2, -0.15) is 0 Å². The van der Waals surface area contributed by atoms with Crippen molar-refractivity contribution in [3.05, 3.63) is 0 Å². The van der Waals surface area contributed by atoms with Crippen LogP contribution in [0.4, 0.5) is 0 Å². The molecule has 5 nitrogen and oxygen atoms in total. The van der Waals surface area contributed by atoms with E-state index in [1.807, 2.05) is 4.90 Å². The minimum absolute atomic E-state index is 0.124. The van der Waals surface area contributed by atoms with E-state index in [9.17, 15) is 13.2 Å². The first kappa shape index (κ1) is 16.2. The van der Waals surface area contributed by atoms with Crippen molar-refractivity contribution in [3.8, 4) is 0 Å². The minimum Gasteiger partial charge on any atom is -0.342 e. The van der Waals surface area contributed by atoms with Gasteiger partial charge in [-0.25, -0.2) is 12.7 Å². The first-order valence-electron chi connectivity index (χ1n) is 8.82. The average molecular weight is 328 g/mol. The number of sulfonamides is 1. The fraction of sp³-hybridized carbons (Fsp3) is 0.938. The third-order valence-corrected chi connectivity index (χ3v) is 7.31. The van der Waals surface area contributed by atoms with Gasteiger partial charge in [0.25, 0.3) is 0 Å². The fourth-order valence-electron chi connectivity index (χ4n) is 3.85. The van der Waals surface area contributed by atoms with E-state index in [0.717, 1.165) is 38.3 Å². The molecule has 3 fully saturated rings. The van der Waals surface area contributed by atoms with Crippen molar-refractivity contribution in [2.24, 2.45) is 11.8 Å². The van der Waals surface area contributed by atoms with Crippen LogP contribution in [-0.4, -0.2) is 55.5 Å². The van der Waals surface area contributed by atoms with E-state index >= 15 is 0 Å². The Morgan fingerprint density at radius 3 is 2.36 bits per heavy atom. The van der Waals surface area contributed by atoms with Crippen LogP contribution in [0.3, 0.4) is 0 Å². The SMILES string of the molecule is O=C(CCCS(=O)(=O)N1CCCC1)N1CCC[C@H](C2CC2)C1. The van der Waals surface area contributed by atoms with E-state index in [2.05, 4.69) is 0 Å². The van der Waals surface area contributed by atoms with Crippen LogP contribution in [0.5, 0.6) is 0 Å². The van der Waals surface area contributed by atoms with Gasteiger partial charge in [-0.05, 0) is 56.8 Å². The standard InChI is InChI=1S/C16H28N2O3S/c19-16(17-9-3-5-15(13-17)14-7-8-14)6-4-12-22(20,21)18-10-1-2-11-18/h14-15H,1-13H2/t15-/m0/s1. The molecule has 0 N–H and O–H groups in total. The second-order valence-electron chi connectivity index (χ2n) is 7.11. The first-order chi connectivity index (χ1) is 10.6. The Morgan fingerprint density at radius 1 is 0.955 bits per heavy atom. The molecule has 1 amide bonds. The topological polar surface area (TPSA) is 57.7 Å². The Kier molecular flexibility index (Phi) is 5.07. The molecule has 0 radical (unpaired) electrons. The lowest BCUT2D eigenvalue weighted by atomic mass is 9.93. The van der Waals surface area contributed by atoms with Gasteiger partial charge in [0.05, 0.1) is 5.75 Å². The van der Waals surface area contributed by atoms with Gasteiger partial charge in [-0.1, -0.05) is 0 Å². The van der Waals surface area contributed by atoms with Crippen LogP contribution in [-0.2, 0) is 14.8 Å². The number of rotatable bonds is 6. The molecule has 126 valence electrons. The zero-order chi connectivity index (χ0) is 15.6. The van der Waals surface area contributed by atoms with Crippen LogP contribution in [0.2, 0.25) is 0 Å². The van der Waals surface area contributed by atoms with E-state index in [0.29, 0.717) is 31.8 Å². The summed E-state index contributed by atoms with van der Waals surface area (Å²) in [5.74, 6) is 1.83. The first-order valence-corrected chi connectivity index (χ1v) is 10.4. The molecule has 2 aliphatic heterocycles. The number of hydrogen-bond donors (Lipinski definition) is 0. The molecule has 1 saturated carbocycles. The summed E-state index contributed by atoms with van der Waals surface area (Å²) < 4.78 is 25.9. The molecule has 2 saturated heterocycles. The molecule has 1 atom stereocenters. The molecule has 0 spiro atoms. The predicted octanol–water partition coefficient (Wildman–Crippen LogP) is 1.84. The maximum atomic E-state index is 12.3. The smallest absolute Gasteiger partial charge is 0.222 e. The summed E-state index contributed by atoms with van der Waals surface area (Å²) in [7, 11) is -3.14. The second-order valence-corrected chi connectivity index (χ2v) is 9.19. The van der Waals surface area contributed by atoms with Gasteiger partial charge in [0.2, 0.25) is 15.9 Å². The average Bonchev–Trinajstić information content (AvgIpc) is 3.20. The molecular formula is C16H28N2O3S. The Labute approximate surface area is 134 Å². The van der Waals surface area contributed by atoms with Crippen molar-refractivity contribution in [3.63, 3.8) is 0 Å². The molecule has 0 bridgehead atoms. The molecule has 3 aliphatic rings. The summed E-state index contributed by atoms with van der Waals surface area (Å²) in [6, 6.07) is 0. The van der Waals surface area contributed by atoms with Crippen molar-refractivity contribution in [2.45, 2.75) is 51.4 Å². The van der Waals surface area contributed by atoms with Gasteiger partial charge in [0.1, 0.15) is 0 Å². The lowest BCUT2D eigenvalue weighted by molar-refractivity contribution is -0.133. The Morgan fingerprint density at radius 2 is 1.68 bits per heavy atom. The van der Waals surface area contributed by atoms with E-state index in [1.165, 1.54) is 19.3 Å². The molecule has 0 aromatic heterocycles. The third kappa shape index (κ3) is 4.02. The highest BCUT2D eigenvalue weighted by Gasteiger charge is 2.35. The van der Waals surface area contributed by atoms with Gasteiger partial charge in [0.15, 0.2) is 0 Å². The van der Waals surface area contributed by atoms with E-state index in [1.54, 1.807) is 4.31 Å². The van der Waals surface area contributed by atoms with Crippen molar-refractivity contribution < 1.29 is 13.2 Å².